The number of epoxide rings is 1. The van der Waals surface area contributed by atoms with Crippen LogP contribution < -0.4 is 0 Å². The topological polar surface area (TPSA) is 40.2 Å². The quantitative estimate of drug-likeness (QED) is 0.186. The minimum absolute atomic E-state index is 0.298. The zero-order valence-corrected chi connectivity index (χ0v) is 18.2. The summed E-state index contributed by atoms with van der Waals surface area (Å²) in [7, 11) is 0. The summed E-state index contributed by atoms with van der Waals surface area (Å²) in [6.45, 7) is 9.71. The van der Waals surface area contributed by atoms with Crippen LogP contribution >= 0.6 is 0 Å². The molecule has 1 unspecified atom stereocenters. The molecule has 0 radical (unpaired) electrons. The number of benzene rings is 1. The molecular weight excluding hydrogens is 352 g/mol. The van der Waals surface area contributed by atoms with Crippen LogP contribution in [0.25, 0.3) is 0 Å². The first-order valence-corrected chi connectivity index (χ1v) is 11.3. The Hall–Kier alpha value is -0.940. The maximum absolute atomic E-state index is 6.23. The molecular formula is C24H40O4. The molecule has 4 nitrogen and oxygen atoms in total. The maximum atomic E-state index is 6.23. The molecule has 0 bridgehead atoms. The maximum Gasteiger partial charge on any atom is 0.194 e. The van der Waals surface area contributed by atoms with Crippen LogP contribution in [0.2, 0.25) is 0 Å². The SMILES string of the molecule is CCCCCCCCCC(OCC)(OCC)c1cccc(COCC2CO2)c1. The Balaban J connectivity index is 1.95. The molecule has 160 valence electrons. The summed E-state index contributed by atoms with van der Waals surface area (Å²) in [6.07, 6.45) is 10.2. The van der Waals surface area contributed by atoms with E-state index < -0.39 is 5.79 Å². The van der Waals surface area contributed by atoms with Crippen LogP contribution in [0.15, 0.2) is 24.3 Å². The van der Waals surface area contributed by atoms with Gasteiger partial charge in [-0.2, -0.15) is 0 Å². The third kappa shape index (κ3) is 8.20. The highest BCUT2D eigenvalue weighted by molar-refractivity contribution is 5.27. The fourth-order valence-electron chi connectivity index (χ4n) is 3.65. The molecule has 28 heavy (non-hydrogen) atoms. The molecule has 1 aromatic carbocycles. The second kappa shape index (κ2) is 13.3. The van der Waals surface area contributed by atoms with Gasteiger partial charge in [0.25, 0.3) is 0 Å². The molecule has 0 saturated carbocycles. The lowest BCUT2D eigenvalue weighted by atomic mass is 9.96. The van der Waals surface area contributed by atoms with Gasteiger partial charge in [-0.05, 0) is 31.9 Å². The minimum Gasteiger partial charge on any atom is -0.374 e. The van der Waals surface area contributed by atoms with Gasteiger partial charge in [-0.15, -0.1) is 0 Å². The molecule has 1 saturated heterocycles. The molecule has 1 aromatic rings. The lowest BCUT2D eigenvalue weighted by molar-refractivity contribution is -0.247. The van der Waals surface area contributed by atoms with Crippen LogP contribution in [0, 0.1) is 0 Å². The van der Waals surface area contributed by atoms with Crippen LogP contribution in [-0.2, 0) is 31.3 Å². The van der Waals surface area contributed by atoms with Crippen molar-refractivity contribution < 1.29 is 18.9 Å². The fourth-order valence-corrected chi connectivity index (χ4v) is 3.65. The standard InChI is InChI=1S/C24H40O4/c1-4-7-8-9-10-11-12-16-24(27-5-2,28-6-3)22-15-13-14-21(17-22)18-25-19-23-20-26-23/h13-15,17,23H,4-12,16,18-20H2,1-3H3. The van der Waals surface area contributed by atoms with Crippen LogP contribution in [-0.4, -0.2) is 32.5 Å². The van der Waals surface area contributed by atoms with Gasteiger partial charge in [0.2, 0.25) is 0 Å². The summed E-state index contributed by atoms with van der Waals surface area (Å²) < 4.78 is 23.4. The van der Waals surface area contributed by atoms with Crippen LogP contribution in [0.4, 0.5) is 0 Å². The Kier molecular flexibility index (Phi) is 11.1. The monoisotopic (exact) mass is 392 g/mol. The van der Waals surface area contributed by atoms with Crippen molar-refractivity contribution in [3.05, 3.63) is 35.4 Å². The molecule has 1 aliphatic rings. The van der Waals surface area contributed by atoms with Crippen molar-refractivity contribution >= 4 is 0 Å². The van der Waals surface area contributed by atoms with E-state index in [-0.39, 0.29) is 0 Å². The zero-order chi connectivity index (χ0) is 20.1. The van der Waals surface area contributed by atoms with Crippen LogP contribution in [0.1, 0.15) is 83.3 Å². The number of unbranched alkanes of at least 4 members (excludes halogenated alkanes) is 6. The predicted molar refractivity (Wildman–Crippen MR) is 113 cm³/mol. The van der Waals surface area contributed by atoms with E-state index in [1.54, 1.807) is 0 Å². The van der Waals surface area contributed by atoms with Gasteiger partial charge in [0.05, 0.1) is 19.8 Å². The molecule has 1 fully saturated rings. The van der Waals surface area contributed by atoms with E-state index in [9.17, 15) is 0 Å². The number of rotatable bonds is 17. The van der Waals surface area contributed by atoms with Crippen molar-refractivity contribution in [2.45, 2.75) is 90.6 Å². The van der Waals surface area contributed by atoms with Crippen molar-refractivity contribution in [1.29, 1.82) is 0 Å². The third-order valence-electron chi connectivity index (χ3n) is 5.21. The smallest absolute Gasteiger partial charge is 0.194 e. The van der Waals surface area contributed by atoms with E-state index >= 15 is 0 Å². The van der Waals surface area contributed by atoms with Gasteiger partial charge in [-0.25, -0.2) is 0 Å². The third-order valence-corrected chi connectivity index (χ3v) is 5.21. The molecule has 0 aliphatic carbocycles. The fraction of sp³-hybridized carbons (Fsp3) is 0.750. The lowest BCUT2D eigenvalue weighted by Gasteiger charge is -2.34. The van der Waals surface area contributed by atoms with Gasteiger partial charge in [-0.1, -0.05) is 63.6 Å². The number of hydrogen-bond donors (Lipinski definition) is 0. The Bertz CT molecular complexity index is 521. The molecule has 4 heteroatoms. The van der Waals surface area contributed by atoms with Gasteiger partial charge >= 0.3 is 0 Å². The summed E-state index contributed by atoms with van der Waals surface area (Å²) in [5.74, 6) is -0.650. The first-order valence-electron chi connectivity index (χ1n) is 11.3. The molecule has 0 N–H and O–H groups in total. The van der Waals surface area contributed by atoms with E-state index in [0.717, 1.165) is 30.6 Å². The van der Waals surface area contributed by atoms with Crippen molar-refractivity contribution in [2.75, 3.05) is 26.4 Å². The predicted octanol–water partition coefficient (Wildman–Crippen LogP) is 5.97. The molecule has 1 aliphatic heterocycles. The molecule has 0 aromatic heterocycles. The molecule has 1 atom stereocenters. The van der Waals surface area contributed by atoms with Crippen LogP contribution in [0.3, 0.4) is 0 Å². The lowest BCUT2D eigenvalue weighted by Crippen LogP contribution is -2.33. The summed E-state index contributed by atoms with van der Waals surface area (Å²) in [5.41, 5.74) is 2.26. The zero-order valence-electron chi connectivity index (χ0n) is 18.2. The average Bonchev–Trinajstić information content (AvgIpc) is 3.52. The van der Waals surface area contributed by atoms with E-state index in [1.165, 1.54) is 38.5 Å². The van der Waals surface area contributed by atoms with Gasteiger partial charge in [-0.3, -0.25) is 0 Å². The molecule has 2 rings (SSSR count). The summed E-state index contributed by atoms with van der Waals surface area (Å²) in [4.78, 5) is 0. The first-order chi connectivity index (χ1) is 13.7. The van der Waals surface area contributed by atoms with E-state index in [1.807, 2.05) is 13.8 Å². The van der Waals surface area contributed by atoms with E-state index in [0.29, 0.717) is 32.5 Å². The summed E-state index contributed by atoms with van der Waals surface area (Å²) in [6, 6.07) is 8.49. The highest BCUT2D eigenvalue weighted by Crippen LogP contribution is 2.34. The van der Waals surface area contributed by atoms with Crippen LogP contribution in [0.5, 0.6) is 0 Å². The summed E-state index contributed by atoms with van der Waals surface area (Å²) in [5, 5.41) is 0. The Morgan fingerprint density at radius 2 is 1.64 bits per heavy atom. The second-order valence-electron chi connectivity index (χ2n) is 7.66. The minimum atomic E-state index is -0.650. The first kappa shape index (κ1) is 23.3. The van der Waals surface area contributed by atoms with Gasteiger partial charge in [0.1, 0.15) is 6.10 Å². The molecule has 0 amide bonds. The highest BCUT2D eigenvalue weighted by atomic mass is 16.7. The van der Waals surface area contributed by atoms with E-state index in [4.69, 9.17) is 18.9 Å². The molecule has 1 heterocycles. The van der Waals surface area contributed by atoms with Gasteiger partial charge in [0, 0.05) is 25.2 Å². The summed E-state index contributed by atoms with van der Waals surface area (Å²) >= 11 is 0. The molecule has 0 spiro atoms. The highest BCUT2D eigenvalue weighted by Gasteiger charge is 2.33. The van der Waals surface area contributed by atoms with E-state index in [2.05, 4.69) is 31.2 Å². The normalized spacial score (nSPS) is 16.5. The number of ether oxygens (including phenoxy) is 4. The Morgan fingerprint density at radius 1 is 0.964 bits per heavy atom. The average molecular weight is 393 g/mol. The number of hydrogen-bond acceptors (Lipinski definition) is 4. The van der Waals surface area contributed by atoms with Crippen molar-refractivity contribution in [1.82, 2.24) is 0 Å². The van der Waals surface area contributed by atoms with Gasteiger partial charge in [0.15, 0.2) is 5.79 Å². The van der Waals surface area contributed by atoms with Crippen molar-refractivity contribution in [3.8, 4) is 0 Å². The Morgan fingerprint density at radius 3 is 2.29 bits per heavy atom. The van der Waals surface area contributed by atoms with Crippen molar-refractivity contribution in [3.63, 3.8) is 0 Å². The Labute approximate surface area is 171 Å². The largest absolute Gasteiger partial charge is 0.374 e. The van der Waals surface area contributed by atoms with Gasteiger partial charge < -0.3 is 18.9 Å². The van der Waals surface area contributed by atoms with Crippen molar-refractivity contribution in [2.24, 2.45) is 0 Å². The second-order valence-corrected chi connectivity index (χ2v) is 7.66.